The van der Waals surface area contributed by atoms with E-state index in [-0.39, 0.29) is 11.6 Å². The monoisotopic (exact) mass is 752 g/mol. The van der Waals surface area contributed by atoms with E-state index in [1.807, 2.05) is 91.1 Å². The van der Waals surface area contributed by atoms with Crippen LogP contribution < -0.4 is 0 Å². The van der Waals surface area contributed by atoms with Crippen molar-refractivity contribution in [2.24, 2.45) is 0 Å². The lowest BCUT2D eigenvalue weighted by Crippen LogP contribution is -2.14. The zero-order valence-corrected chi connectivity index (χ0v) is 31.5. The van der Waals surface area contributed by atoms with Crippen molar-refractivity contribution in [1.82, 2.24) is 29.5 Å². The minimum atomic E-state index is -1.01. The average Bonchev–Trinajstić information content (AvgIpc) is 3.67. The minimum absolute atomic E-state index is 0.191. The summed E-state index contributed by atoms with van der Waals surface area (Å²) in [5, 5.41) is 15.1. The van der Waals surface area contributed by atoms with Crippen LogP contribution in [-0.4, -0.2) is 40.6 Å². The van der Waals surface area contributed by atoms with E-state index in [1.165, 1.54) is 6.42 Å². The van der Waals surface area contributed by atoms with Crippen LogP contribution in [0.1, 0.15) is 48.5 Å². The van der Waals surface area contributed by atoms with Gasteiger partial charge in [0.05, 0.1) is 44.4 Å². The Kier molecular flexibility index (Phi) is 8.03. The molecule has 0 bridgehead atoms. The molecule has 0 aliphatic heterocycles. The van der Waals surface area contributed by atoms with E-state index >= 15 is 0 Å². The summed E-state index contributed by atoms with van der Waals surface area (Å²) in [6.45, 7) is 0. The number of hydrogen-bond acceptors (Lipinski definition) is 6. The summed E-state index contributed by atoms with van der Waals surface area (Å²) < 4.78 is 2.41. The molecule has 0 amide bonds. The molecule has 1 aliphatic carbocycles. The topological polar surface area (TPSA) is 107 Å². The van der Waals surface area contributed by atoms with Gasteiger partial charge in [0.2, 0.25) is 0 Å². The van der Waals surface area contributed by atoms with E-state index in [4.69, 9.17) is 9.97 Å². The summed E-state index contributed by atoms with van der Waals surface area (Å²) in [5.74, 6) is -0.188. The van der Waals surface area contributed by atoms with Gasteiger partial charge in [-0.05, 0) is 102 Å². The van der Waals surface area contributed by atoms with Crippen LogP contribution in [0.15, 0.2) is 146 Å². The molecule has 0 spiro atoms. The molecule has 0 saturated heterocycles. The van der Waals surface area contributed by atoms with E-state index in [9.17, 15) is 9.90 Å². The first-order valence-corrected chi connectivity index (χ1v) is 19.9. The van der Waals surface area contributed by atoms with Crippen molar-refractivity contribution >= 4 is 60.6 Å². The fourth-order valence-electron chi connectivity index (χ4n) is 9.15. The lowest BCUT2D eigenvalue weighted by atomic mass is 9.88. The van der Waals surface area contributed by atoms with Gasteiger partial charge in [0.25, 0.3) is 0 Å². The highest BCUT2D eigenvalue weighted by Gasteiger charge is 2.30. The summed E-state index contributed by atoms with van der Waals surface area (Å²) in [6.07, 6.45) is 10.9. The quantitative estimate of drug-likeness (QED) is 0.180. The van der Waals surface area contributed by atoms with Crippen LogP contribution in [0.2, 0.25) is 0 Å². The molecule has 10 aromatic rings. The summed E-state index contributed by atoms with van der Waals surface area (Å²) in [7, 11) is 0. The fourth-order valence-corrected chi connectivity index (χ4v) is 9.15. The number of para-hydroxylation sites is 2. The molecule has 1 aliphatic rings. The van der Waals surface area contributed by atoms with Gasteiger partial charge in [0.1, 0.15) is 5.82 Å². The second-order valence-corrected chi connectivity index (χ2v) is 15.2. The number of fused-ring (bicyclic) bond motifs is 5. The van der Waals surface area contributed by atoms with Crippen molar-refractivity contribution in [3.05, 3.63) is 152 Å². The number of nitrogens with zero attached hydrogens (tertiary/aromatic N) is 6. The predicted molar refractivity (Wildman–Crippen MR) is 232 cm³/mol. The Balaban J connectivity index is 1.18. The number of benzene rings is 5. The van der Waals surface area contributed by atoms with E-state index in [0.717, 1.165) is 109 Å². The molecule has 1 saturated carbocycles. The van der Waals surface area contributed by atoms with Gasteiger partial charge >= 0.3 is 5.97 Å². The van der Waals surface area contributed by atoms with Crippen LogP contribution in [0.5, 0.6) is 0 Å². The third-order valence-corrected chi connectivity index (χ3v) is 11.8. The highest BCUT2D eigenvalue weighted by atomic mass is 16.4. The first-order chi connectivity index (χ1) is 28.6. The van der Waals surface area contributed by atoms with Gasteiger partial charge in [-0.2, -0.15) is 0 Å². The van der Waals surface area contributed by atoms with Gasteiger partial charge < -0.3 is 9.67 Å². The molecular formula is C50H36N6O2. The van der Waals surface area contributed by atoms with Crippen molar-refractivity contribution in [2.75, 3.05) is 0 Å². The third-order valence-electron chi connectivity index (χ3n) is 11.8. The molecule has 278 valence electrons. The first-order valence-electron chi connectivity index (χ1n) is 19.9. The van der Waals surface area contributed by atoms with Crippen molar-refractivity contribution in [3.63, 3.8) is 0 Å². The van der Waals surface area contributed by atoms with Crippen molar-refractivity contribution in [3.8, 4) is 44.9 Å². The Morgan fingerprint density at radius 2 is 1.24 bits per heavy atom. The molecule has 8 heteroatoms. The highest BCUT2D eigenvalue weighted by molar-refractivity contribution is 6.14. The van der Waals surface area contributed by atoms with Gasteiger partial charge in [0.15, 0.2) is 0 Å². The molecule has 1 fully saturated rings. The molecule has 11 rings (SSSR count). The first kappa shape index (κ1) is 34.0. The molecule has 0 unspecified atom stereocenters. The number of aromatic nitrogens is 6. The Labute approximate surface area is 333 Å². The number of pyridine rings is 4. The number of carbonyl (C=O) groups is 1. The standard InChI is InChI=1S/C50H36N6O2/c57-50(58)47-39(35-22-25-52-42-14-6-4-12-36(35)42)29-45-48(46(47)32-17-19-40-30(27-32)9-8-24-51-40)55-49(56(45)34-10-2-1-3-11-34)33-18-20-41-31(28-33)16-21-44(54-41)38-23-26-53-43-15-7-5-13-37(38)43/h4-9,12-29,34H,1-3,10-11H2,(H,57,58). The normalized spacial score (nSPS) is 13.6. The smallest absolute Gasteiger partial charge is 0.337 e. The van der Waals surface area contributed by atoms with E-state index in [2.05, 4.69) is 62.0 Å². The zero-order valence-electron chi connectivity index (χ0n) is 31.5. The zero-order chi connectivity index (χ0) is 38.7. The van der Waals surface area contributed by atoms with E-state index in [1.54, 1.807) is 12.4 Å². The Morgan fingerprint density at radius 1 is 0.569 bits per heavy atom. The van der Waals surface area contributed by atoms with Crippen LogP contribution >= 0.6 is 0 Å². The number of hydrogen-bond donors (Lipinski definition) is 1. The summed E-state index contributed by atoms with van der Waals surface area (Å²) in [4.78, 5) is 38.2. The molecule has 0 radical (unpaired) electrons. The lowest BCUT2D eigenvalue weighted by molar-refractivity contribution is 0.0698. The number of carboxylic acids is 1. The summed E-state index contributed by atoms with van der Waals surface area (Å²) in [6, 6.07) is 42.8. The van der Waals surface area contributed by atoms with E-state index in [0.29, 0.717) is 16.6 Å². The Bertz CT molecular complexity index is 3260. The van der Waals surface area contributed by atoms with Gasteiger partial charge in [-0.15, -0.1) is 0 Å². The third kappa shape index (κ3) is 5.59. The van der Waals surface area contributed by atoms with Gasteiger partial charge in [0, 0.05) is 62.9 Å². The number of rotatable bonds is 6. The summed E-state index contributed by atoms with van der Waals surface area (Å²) >= 11 is 0. The second-order valence-electron chi connectivity index (χ2n) is 15.2. The molecule has 1 N–H and O–H groups in total. The summed E-state index contributed by atoms with van der Waals surface area (Å²) in [5.41, 5.74) is 11.0. The maximum Gasteiger partial charge on any atom is 0.337 e. The molecule has 8 nitrogen and oxygen atoms in total. The fraction of sp³-hybridized carbons (Fsp3) is 0.120. The molecule has 58 heavy (non-hydrogen) atoms. The second kappa shape index (κ2) is 13.7. The lowest BCUT2D eigenvalue weighted by Gasteiger charge is -2.26. The van der Waals surface area contributed by atoms with Crippen LogP contribution in [0.25, 0.3) is 99.5 Å². The van der Waals surface area contributed by atoms with Gasteiger partial charge in [-0.25, -0.2) is 14.8 Å². The maximum atomic E-state index is 13.8. The number of aromatic carboxylic acids is 1. The van der Waals surface area contributed by atoms with Crippen LogP contribution in [0.4, 0.5) is 0 Å². The number of carboxylic acid groups (broad SMARTS) is 1. The van der Waals surface area contributed by atoms with Gasteiger partial charge in [-0.3, -0.25) is 15.0 Å². The molecular weight excluding hydrogens is 717 g/mol. The highest BCUT2D eigenvalue weighted by Crippen LogP contribution is 2.45. The Morgan fingerprint density at radius 3 is 2.03 bits per heavy atom. The maximum absolute atomic E-state index is 13.8. The van der Waals surface area contributed by atoms with Crippen molar-refractivity contribution in [1.29, 1.82) is 0 Å². The average molecular weight is 753 g/mol. The predicted octanol–water partition coefficient (Wildman–Crippen LogP) is 12.1. The number of imidazole rings is 1. The largest absolute Gasteiger partial charge is 0.478 e. The Hall–Kier alpha value is -7.32. The van der Waals surface area contributed by atoms with Crippen molar-refractivity contribution < 1.29 is 9.90 Å². The van der Waals surface area contributed by atoms with Crippen LogP contribution in [-0.2, 0) is 0 Å². The van der Waals surface area contributed by atoms with E-state index < -0.39 is 5.97 Å². The van der Waals surface area contributed by atoms with Crippen LogP contribution in [0, 0.1) is 0 Å². The molecule has 5 aromatic carbocycles. The molecule has 5 heterocycles. The SMILES string of the molecule is O=C(O)c1c(-c2ccnc3ccccc23)cc2c(nc(-c3ccc4nc(-c5ccnc6ccccc56)ccc4c3)n2C2CCCCC2)c1-c1ccc2ncccc2c1. The minimum Gasteiger partial charge on any atom is -0.478 e. The van der Waals surface area contributed by atoms with Crippen LogP contribution in [0.3, 0.4) is 0 Å². The molecule has 5 aromatic heterocycles. The molecule has 0 atom stereocenters. The van der Waals surface area contributed by atoms with Crippen molar-refractivity contribution in [2.45, 2.75) is 38.1 Å². The van der Waals surface area contributed by atoms with Gasteiger partial charge in [-0.1, -0.05) is 73.9 Å².